The Bertz CT molecular complexity index is 300. The van der Waals surface area contributed by atoms with Gasteiger partial charge in [-0.25, -0.2) is 0 Å². The zero-order valence-corrected chi connectivity index (χ0v) is 14.1. The summed E-state index contributed by atoms with van der Waals surface area (Å²) in [6.45, 7) is 14.8. The van der Waals surface area contributed by atoms with Gasteiger partial charge in [0.25, 0.3) is 0 Å². The van der Waals surface area contributed by atoms with E-state index >= 15 is 0 Å². The third-order valence-electron chi connectivity index (χ3n) is 2.87. The molecular weight excluding hydrogens is 256 g/mol. The molecule has 0 rings (SSSR count). The van der Waals surface area contributed by atoms with Gasteiger partial charge in [0.15, 0.2) is 0 Å². The molecule has 0 aliphatic heterocycles. The summed E-state index contributed by atoms with van der Waals surface area (Å²) in [5, 5.41) is 3.22. The summed E-state index contributed by atoms with van der Waals surface area (Å²) in [5.41, 5.74) is 4.59. The molecule has 1 amide bonds. The van der Waals surface area contributed by atoms with Crippen molar-refractivity contribution in [3.63, 3.8) is 0 Å². The minimum absolute atomic E-state index is 0.0673. The third-order valence-corrected chi connectivity index (χ3v) is 2.87. The van der Waals surface area contributed by atoms with Crippen molar-refractivity contribution in [1.82, 2.24) is 5.32 Å². The van der Waals surface area contributed by atoms with Gasteiger partial charge in [0.1, 0.15) is 0 Å². The molecule has 2 atom stereocenters. The monoisotopic (exact) mass is 288 g/mol. The third kappa shape index (κ3) is 8.51. The molecule has 0 fully saturated rings. The van der Waals surface area contributed by atoms with E-state index < -0.39 is 5.54 Å². The van der Waals surface area contributed by atoms with Crippen LogP contribution in [0.2, 0.25) is 0 Å². The highest BCUT2D eigenvalue weighted by molar-refractivity contribution is 5.84. The Morgan fingerprint density at radius 1 is 1.15 bits per heavy atom. The van der Waals surface area contributed by atoms with Crippen molar-refractivity contribution in [1.29, 1.82) is 0 Å². The van der Waals surface area contributed by atoms with Gasteiger partial charge in [0, 0.05) is 12.5 Å². The number of nitrogens with two attached hydrogens (primary N) is 1. The number of ether oxygens (including phenoxy) is 2. The Balaban J connectivity index is 4.21. The van der Waals surface area contributed by atoms with Crippen LogP contribution in [0, 0.1) is 0 Å². The van der Waals surface area contributed by atoms with Crippen molar-refractivity contribution in [3.8, 4) is 0 Å². The van der Waals surface area contributed by atoms with Gasteiger partial charge in [0.2, 0.25) is 5.91 Å². The van der Waals surface area contributed by atoms with Gasteiger partial charge in [0.05, 0.1) is 30.5 Å². The molecule has 0 aromatic rings. The number of carbonyl (C=O) groups is 1. The Labute approximate surface area is 123 Å². The molecular formula is C15H32N2O3. The second-order valence-corrected chi connectivity index (χ2v) is 6.84. The van der Waals surface area contributed by atoms with E-state index in [-0.39, 0.29) is 23.7 Å². The topological polar surface area (TPSA) is 73.6 Å². The molecule has 2 unspecified atom stereocenters. The van der Waals surface area contributed by atoms with Crippen LogP contribution < -0.4 is 11.1 Å². The SMILES string of the molecule is CC(C)NC(C)(CC(C)OCCOC(C)(C)C)C(N)=O. The molecule has 0 aliphatic rings. The van der Waals surface area contributed by atoms with E-state index in [2.05, 4.69) is 5.32 Å². The van der Waals surface area contributed by atoms with Crippen molar-refractivity contribution in [3.05, 3.63) is 0 Å². The highest BCUT2D eigenvalue weighted by Gasteiger charge is 2.33. The van der Waals surface area contributed by atoms with Gasteiger partial charge in [-0.3, -0.25) is 4.79 Å². The average molecular weight is 288 g/mol. The van der Waals surface area contributed by atoms with Crippen molar-refractivity contribution in [2.45, 2.75) is 78.2 Å². The Morgan fingerprint density at radius 3 is 2.10 bits per heavy atom. The number of amides is 1. The smallest absolute Gasteiger partial charge is 0.237 e. The van der Waals surface area contributed by atoms with E-state index in [0.29, 0.717) is 19.6 Å². The Kier molecular flexibility index (Phi) is 7.70. The number of primary amides is 1. The van der Waals surface area contributed by atoms with Gasteiger partial charge >= 0.3 is 0 Å². The van der Waals surface area contributed by atoms with Gasteiger partial charge < -0.3 is 20.5 Å². The van der Waals surface area contributed by atoms with Crippen LogP contribution in [-0.4, -0.2) is 42.4 Å². The summed E-state index contributed by atoms with van der Waals surface area (Å²) in [6.07, 6.45) is 0.470. The van der Waals surface area contributed by atoms with Crippen LogP contribution in [0.5, 0.6) is 0 Å². The molecule has 0 aromatic heterocycles. The Hall–Kier alpha value is -0.650. The van der Waals surface area contributed by atoms with E-state index in [1.165, 1.54) is 0 Å². The standard InChI is InChI=1S/C15H32N2O3/c1-11(2)17-15(7,13(16)18)10-12(3)19-8-9-20-14(4,5)6/h11-12,17H,8-10H2,1-7H3,(H2,16,18). The number of nitrogens with one attached hydrogen (secondary N) is 1. The fourth-order valence-corrected chi connectivity index (χ4v) is 2.10. The maximum absolute atomic E-state index is 11.6. The van der Waals surface area contributed by atoms with Crippen molar-refractivity contribution in [2.24, 2.45) is 5.73 Å². The molecule has 120 valence electrons. The molecule has 0 bridgehead atoms. The lowest BCUT2D eigenvalue weighted by Crippen LogP contribution is -2.57. The molecule has 0 heterocycles. The predicted octanol–water partition coefficient (Wildman–Crippen LogP) is 1.84. The van der Waals surface area contributed by atoms with Gasteiger partial charge in [-0.05, 0) is 48.5 Å². The second-order valence-electron chi connectivity index (χ2n) is 6.84. The van der Waals surface area contributed by atoms with E-state index in [1.807, 2.05) is 48.5 Å². The van der Waals surface area contributed by atoms with Crippen molar-refractivity contribution < 1.29 is 14.3 Å². The maximum Gasteiger partial charge on any atom is 0.237 e. The molecule has 0 radical (unpaired) electrons. The zero-order valence-electron chi connectivity index (χ0n) is 14.1. The number of hydrogen-bond donors (Lipinski definition) is 2. The molecule has 5 nitrogen and oxygen atoms in total. The van der Waals surface area contributed by atoms with Gasteiger partial charge in [-0.15, -0.1) is 0 Å². The lowest BCUT2D eigenvalue weighted by Gasteiger charge is -2.32. The highest BCUT2D eigenvalue weighted by atomic mass is 16.5. The van der Waals surface area contributed by atoms with E-state index in [9.17, 15) is 4.79 Å². The summed E-state index contributed by atoms with van der Waals surface area (Å²) in [6, 6.07) is 0.184. The fourth-order valence-electron chi connectivity index (χ4n) is 2.10. The molecule has 20 heavy (non-hydrogen) atoms. The van der Waals surface area contributed by atoms with Crippen LogP contribution in [0.25, 0.3) is 0 Å². The zero-order chi connectivity index (χ0) is 16.0. The summed E-state index contributed by atoms with van der Waals surface area (Å²) in [4.78, 5) is 11.6. The number of rotatable bonds is 9. The van der Waals surface area contributed by atoms with Crippen LogP contribution in [0.1, 0.15) is 54.9 Å². The highest BCUT2D eigenvalue weighted by Crippen LogP contribution is 2.15. The molecule has 5 heteroatoms. The van der Waals surface area contributed by atoms with Crippen LogP contribution in [0.3, 0.4) is 0 Å². The first-order chi connectivity index (χ1) is 8.96. The first kappa shape index (κ1) is 19.4. The van der Waals surface area contributed by atoms with Crippen LogP contribution in [-0.2, 0) is 14.3 Å². The quantitative estimate of drug-likeness (QED) is 0.635. The number of carbonyl (C=O) groups excluding carboxylic acids is 1. The second kappa shape index (κ2) is 7.96. The lowest BCUT2D eigenvalue weighted by atomic mass is 9.93. The van der Waals surface area contributed by atoms with Crippen LogP contribution in [0.15, 0.2) is 0 Å². The Morgan fingerprint density at radius 2 is 1.70 bits per heavy atom. The maximum atomic E-state index is 11.6. The predicted molar refractivity (Wildman–Crippen MR) is 81.6 cm³/mol. The van der Waals surface area contributed by atoms with Crippen LogP contribution >= 0.6 is 0 Å². The fraction of sp³-hybridized carbons (Fsp3) is 0.933. The van der Waals surface area contributed by atoms with Crippen LogP contribution in [0.4, 0.5) is 0 Å². The molecule has 0 aliphatic carbocycles. The summed E-state index contributed by atoms with van der Waals surface area (Å²) in [5.74, 6) is -0.354. The first-order valence-corrected chi connectivity index (χ1v) is 7.29. The number of hydrogen-bond acceptors (Lipinski definition) is 4. The average Bonchev–Trinajstić information content (AvgIpc) is 2.21. The molecule has 0 spiro atoms. The molecule has 0 saturated carbocycles. The summed E-state index contributed by atoms with van der Waals surface area (Å²) >= 11 is 0. The van der Waals surface area contributed by atoms with E-state index in [4.69, 9.17) is 15.2 Å². The minimum Gasteiger partial charge on any atom is -0.376 e. The minimum atomic E-state index is -0.752. The van der Waals surface area contributed by atoms with Gasteiger partial charge in [-0.1, -0.05) is 0 Å². The van der Waals surface area contributed by atoms with Crippen molar-refractivity contribution >= 4 is 5.91 Å². The van der Waals surface area contributed by atoms with Gasteiger partial charge in [-0.2, -0.15) is 0 Å². The largest absolute Gasteiger partial charge is 0.376 e. The normalized spacial score (nSPS) is 17.0. The molecule has 0 saturated heterocycles. The van der Waals surface area contributed by atoms with E-state index in [0.717, 1.165) is 0 Å². The first-order valence-electron chi connectivity index (χ1n) is 7.29. The lowest BCUT2D eigenvalue weighted by molar-refractivity contribution is -0.126. The molecule has 3 N–H and O–H groups in total. The van der Waals surface area contributed by atoms with E-state index in [1.54, 1.807) is 0 Å². The summed E-state index contributed by atoms with van der Waals surface area (Å²) in [7, 11) is 0. The summed E-state index contributed by atoms with van der Waals surface area (Å²) < 4.78 is 11.3. The van der Waals surface area contributed by atoms with Crippen molar-refractivity contribution in [2.75, 3.05) is 13.2 Å². The molecule has 0 aromatic carbocycles.